The second kappa shape index (κ2) is 4.39. The van der Waals surface area contributed by atoms with E-state index >= 15 is 0 Å². The summed E-state index contributed by atoms with van der Waals surface area (Å²) in [6.45, 7) is 0. The van der Waals surface area contributed by atoms with Gasteiger partial charge in [-0.05, 0) is 6.07 Å². The van der Waals surface area contributed by atoms with Crippen molar-refractivity contribution in [1.29, 1.82) is 0 Å². The second-order valence-electron chi connectivity index (χ2n) is 2.32. The van der Waals surface area contributed by atoms with E-state index in [1.54, 1.807) is 12.1 Å². The van der Waals surface area contributed by atoms with Crippen molar-refractivity contribution < 1.29 is 14.3 Å². The summed E-state index contributed by atoms with van der Waals surface area (Å²) in [5, 5.41) is 7.47. The van der Waals surface area contributed by atoms with Gasteiger partial charge in [0.05, 0.1) is 26.3 Å². The first-order valence-corrected chi connectivity index (χ1v) is 3.69. The Labute approximate surface area is 75.7 Å². The highest BCUT2D eigenvalue weighted by molar-refractivity contribution is 5.71. The lowest BCUT2D eigenvalue weighted by molar-refractivity contribution is -0.139. The van der Waals surface area contributed by atoms with Crippen molar-refractivity contribution in [3.05, 3.63) is 17.8 Å². The average Bonchev–Trinajstić information content (AvgIpc) is 2.19. The van der Waals surface area contributed by atoms with Gasteiger partial charge in [0.1, 0.15) is 0 Å². The van der Waals surface area contributed by atoms with E-state index < -0.39 is 0 Å². The molecular weight excluding hydrogens is 172 g/mol. The molecule has 0 amide bonds. The van der Waals surface area contributed by atoms with Gasteiger partial charge in [-0.1, -0.05) is 0 Å². The fourth-order valence-electron chi connectivity index (χ4n) is 0.771. The minimum atomic E-state index is -0.334. The van der Waals surface area contributed by atoms with Crippen LogP contribution in [-0.2, 0) is 16.0 Å². The molecule has 0 atom stereocenters. The average molecular weight is 182 g/mol. The quantitative estimate of drug-likeness (QED) is 0.625. The molecular formula is C8H10N2O3. The Morgan fingerprint density at radius 1 is 1.38 bits per heavy atom. The van der Waals surface area contributed by atoms with E-state index in [4.69, 9.17) is 4.74 Å². The van der Waals surface area contributed by atoms with Crippen LogP contribution in [-0.4, -0.2) is 30.4 Å². The topological polar surface area (TPSA) is 61.3 Å². The zero-order valence-electron chi connectivity index (χ0n) is 7.48. The molecule has 1 aromatic rings. The maximum atomic E-state index is 10.8. The number of carbonyl (C=O) groups is 1. The molecule has 5 heteroatoms. The normalized spacial score (nSPS) is 9.38. The zero-order chi connectivity index (χ0) is 9.68. The first kappa shape index (κ1) is 9.44. The van der Waals surface area contributed by atoms with Gasteiger partial charge in [-0.2, -0.15) is 5.10 Å². The van der Waals surface area contributed by atoms with E-state index in [1.165, 1.54) is 14.2 Å². The molecule has 1 heterocycles. The van der Waals surface area contributed by atoms with Crippen molar-refractivity contribution in [3.8, 4) is 5.88 Å². The summed E-state index contributed by atoms with van der Waals surface area (Å²) < 4.78 is 9.28. The van der Waals surface area contributed by atoms with Crippen molar-refractivity contribution in [2.75, 3.05) is 14.2 Å². The minimum Gasteiger partial charge on any atom is -0.480 e. The highest BCUT2D eigenvalue weighted by Gasteiger charge is 2.04. The van der Waals surface area contributed by atoms with Crippen molar-refractivity contribution >= 4 is 5.97 Å². The van der Waals surface area contributed by atoms with Gasteiger partial charge in [0.2, 0.25) is 5.88 Å². The third-order valence-electron chi connectivity index (χ3n) is 1.46. The van der Waals surface area contributed by atoms with Gasteiger partial charge in [0.25, 0.3) is 0 Å². The molecule has 0 unspecified atom stereocenters. The number of methoxy groups -OCH3 is 2. The van der Waals surface area contributed by atoms with Gasteiger partial charge in [0.15, 0.2) is 0 Å². The maximum absolute atomic E-state index is 10.8. The molecule has 0 aliphatic carbocycles. The van der Waals surface area contributed by atoms with E-state index in [1.807, 2.05) is 0 Å². The second-order valence-corrected chi connectivity index (χ2v) is 2.32. The van der Waals surface area contributed by atoms with Crippen LogP contribution in [0.4, 0.5) is 0 Å². The molecule has 0 aliphatic rings. The summed E-state index contributed by atoms with van der Waals surface area (Å²) in [5.41, 5.74) is 0.563. The first-order valence-electron chi connectivity index (χ1n) is 3.69. The van der Waals surface area contributed by atoms with Crippen molar-refractivity contribution in [1.82, 2.24) is 10.2 Å². The Hall–Kier alpha value is -1.65. The molecule has 1 rings (SSSR count). The van der Waals surface area contributed by atoms with Crippen LogP contribution in [0, 0.1) is 0 Å². The molecule has 0 aromatic carbocycles. The Morgan fingerprint density at radius 3 is 2.62 bits per heavy atom. The molecule has 0 aliphatic heterocycles. The monoisotopic (exact) mass is 182 g/mol. The summed E-state index contributed by atoms with van der Waals surface area (Å²) in [6.07, 6.45) is 0.132. The van der Waals surface area contributed by atoms with Gasteiger partial charge in [0, 0.05) is 6.07 Å². The predicted octanol–water partition coefficient (Wildman–Crippen LogP) is 0.201. The van der Waals surface area contributed by atoms with Crippen molar-refractivity contribution in [3.63, 3.8) is 0 Å². The number of rotatable bonds is 3. The summed E-state index contributed by atoms with van der Waals surface area (Å²) in [7, 11) is 2.84. The number of nitrogens with zero attached hydrogens (tertiary/aromatic N) is 2. The number of ether oxygens (including phenoxy) is 2. The maximum Gasteiger partial charge on any atom is 0.311 e. The van der Waals surface area contributed by atoms with Crippen LogP contribution in [0.2, 0.25) is 0 Å². The Bertz CT molecular complexity index is 284. The van der Waals surface area contributed by atoms with E-state index in [-0.39, 0.29) is 12.4 Å². The van der Waals surface area contributed by atoms with Crippen LogP contribution in [0.5, 0.6) is 5.88 Å². The minimum absolute atomic E-state index is 0.132. The number of hydrogen-bond acceptors (Lipinski definition) is 5. The highest BCUT2D eigenvalue weighted by atomic mass is 16.5. The van der Waals surface area contributed by atoms with Gasteiger partial charge >= 0.3 is 5.97 Å². The number of hydrogen-bond donors (Lipinski definition) is 0. The molecule has 0 radical (unpaired) electrons. The molecule has 0 saturated carbocycles. The van der Waals surface area contributed by atoms with Crippen LogP contribution in [0.1, 0.15) is 5.69 Å². The molecule has 0 fully saturated rings. The SMILES string of the molecule is COC(=O)Cc1ccc(OC)nn1. The highest BCUT2D eigenvalue weighted by Crippen LogP contribution is 2.04. The fourth-order valence-corrected chi connectivity index (χ4v) is 0.771. The molecule has 0 N–H and O–H groups in total. The summed E-state index contributed by atoms with van der Waals surface area (Å²) >= 11 is 0. The first-order chi connectivity index (χ1) is 6.26. The van der Waals surface area contributed by atoms with Crippen LogP contribution >= 0.6 is 0 Å². The molecule has 70 valence electrons. The summed E-state index contributed by atoms with van der Waals surface area (Å²) in [4.78, 5) is 10.8. The molecule has 0 spiro atoms. The third kappa shape index (κ3) is 2.70. The van der Waals surface area contributed by atoms with Crippen LogP contribution in [0.3, 0.4) is 0 Å². The van der Waals surface area contributed by atoms with E-state index in [0.717, 1.165) is 0 Å². The predicted molar refractivity (Wildman–Crippen MR) is 44.3 cm³/mol. The lowest BCUT2D eigenvalue weighted by Crippen LogP contribution is -2.06. The molecule has 1 aromatic heterocycles. The Morgan fingerprint density at radius 2 is 2.15 bits per heavy atom. The lowest BCUT2D eigenvalue weighted by atomic mass is 10.3. The van der Waals surface area contributed by atoms with E-state index in [2.05, 4.69) is 14.9 Å². The number of aromatic nitrogens is 2. The zero-order valence-corrected chi connectivity index (χ0v) is 7.48. The summed E-state index contributed by atoms with van der Waals surface area (Å²) in [6, 6.07) is 3.31. The summed E-state index contributed by atoms with van der Waals surface area (Å²) in [5.74, 6) is 0.0908. The molecule has 5 nitrogen and oxygen atoms in total. The molecule has 0 bridgehead atoms. The Balaban J connectivity index is 2.64. The largest absolute Gasteiger partial charge is 0.480 e. The van der Waals surface area contributed by atoms with Gasteiger partial charge < -0.3 is 9.47 Å². The van der Waals surface area contributed by atoms with Crippen LogP contribution in [0.15, 0.2) is 12.1 Å². The smallest absolute Gasteiger partial charge is 0.311 e. The fraction of sp³-hybridized carbons (Fsp3) is 0.375. The van der Waals surface area contributed by atoms with Gasteiger partial charge in [-0.25, -0.2) is 0 Å². The van der Waals surface area contributed by atoms with E-state index in [9.17, 15) is 4.79 Å². The lowest BCUT2D eigenvalue weighted by Gasteiger charge is -1.99. The molecule has 13 heavy (non-hydrogen) atoms. The number of esters is 1. The van der Waals surface area contributed by atoms with Gasteiger partial charge in [-0.3, -0.25) is 4.79 Å². The van der Waals surface area contributed by atoms with Crippen LogP contribution < -0.4 is 4.74 Å². The van der Waals surface area contributed by atoms with Crippen LogP contribution in [0.25, 0.3) is 0 Å². The van der Waals surface area contributed by atoms with Crippen molar-refractivity contribution in [2.45, 2.75) is 6.42 Å². The van der Waals surface area contributed by atoms with Gasteiger partial charge in [-0.15, -0.1) is 5.10 Å². The number of carbonyl (C=O) groups excluding carboxylic acids is 1. The van der Waals surface area contributed by atoms with E-state index in [0.29, 0.717) is 11.6 Å². The van der Waals surface area contributed by atoms with Crippen molar-refractivity contribution in [2.24, 2.45) is 0 Å². The molecule has 0 saturated heterocycles. The standard InChI is InChI=1S/C8H10N2O3/c1-12-7-4-3-6(9-10-7)5-8(11)13-2/h3-4H,5H2,1-2H3. The third-order valence-corrected chi connectivity index (χ3v) is 1.46. The Kier molecular flexibility index (Phi) is 3.19.